The van der Waals surface area contributed by atoms with E-state index in [1.807, 2.05) is 65.6 Å². The number of hydrogen-bond donors (Lipinski definition) is 0. The van der Waals surface area contributed by atoms with Gasteiger partial charge in [0.25, 0.3) is 0 Å². The van der Waals surface area contributed by atoms with E-state index in [1.54, 1.807) is 22.3 Å². The lowest BCUT2D eigenvalue weighted by atomic mass is 10.0. The molecule has 0 fully saturated rings. The number of carbonyl (C=O) groups is 2. The summed E-state index contributed by atoms with van der Waals surface area (Å²) >= 11 is 1.72. The third-order valence-electron chi connectivity index (χ3n) is 5.79. The SMILES string of the molecule is C=CCN(CC(=O)N1CCc2sccc2[C@@H]1COc1ccccc1)C(=O)Cc1ccccc1. The molecule has 6 heteroatoms. The topological polar surface area (TPSA) is 49.9 Å². The summed E-state index contributed by atoms with van der Waals surface area (Å²) in [6.45, 7) is 5.12. The van der Waals surface area contributed by atoms with Gasteiger partial charge in [0.15, 0.2) is 0 Å². The highest BCUT2D eigenvalue weighted by atomic mass is 32.1. The van der Waals surface area contributed by atoms with E-state index in [0.717, 1.165) is 23.3 Å². The number of benzene rings is 2. The van der Waals surface area contributed by atoms with Gasteiger partial charge in [-0.2, -0.15) is 0 Å². The van der Waals surface area contributed by atoms with Crippen LogP contribution in [0.1, 0.15) is 22.0 Å². The summed E-state index contributed by atoms with van der Waals surface area (Å²) in [7, 11) is 0. The van der Waals surface area contributed by atoms with E-state index in [0.29, 0.717) is 19.7 Å². The lowest BCUT2D eigenvalue weighted by Gasteiger charge is -2.37. The van der Waals surface area contributed by atoms with Gasteiger partial charge in [0.2, 0.25) is 11.8 Å². The second kappa shape index (κ2) is 11.0. The van der Waals surface area contributed by atoms with Gasteiger partial charge in [-0.25, -0.2) is 0 Å². The minimum absolute atomic E-state index is 0.0268. The Morgan fingerprint density at radius 1 is 1.09 bits per heavy atom. The highest BCUT2D eigenvalue weighted by Crippen LogP contribution is 2.34. The van der Waals surface area contributed by atoms with Crippen molar-refractivity contribution in [3.8, 4) is 5.75 Å². The van der Waals surface area contributed by atoms with E-state index in [4.69, 9.17) is 4.74 Å². The van der Waals surface area contributed by atoms with Crippen LogP contribution in [0.15, 0.2) is 84.8 Å². The molecular formula is C27H28N2O3S. The first-order valence-electron chi connectivity index (χ1n) is 11.1. The minimum Gasteiger partial charge on any atom is -0.491 e. The number of para-hydroxylation sites is 1. The zero-order chi connectivity index (χ0) is 23.0. The van der Waals surface area contributed by atoms with Crippen molar-refractivity contribution >= 4 is 23.2 Å². The molecule has 0 spiro atoms. The van der Waals surface area contributed by atoms with Gasteiger partial charge in [-0.3, -0.25) is 9.59 Å². The van der Waals surface area contributed by atoms with Crippen molar-refractivity contribution in [2.75, 3.05) is 26.2 Å². The number of amides is 2. The molecule has 4 rings (SSSR count). The Balaban J connectivity index is 1.47. The van der Waals surface area contributed by atoms with Crippen molar-refractivity contribution in [3.63, 3.8) is 0 Å². The normalized spacial score (nSPS) is 14.9. The van der Waals surface area contributed by atoms with Gasteiger partial charge in [0.05, 0.1) is 12.5 Å². The van der Waals surface area contributed by atoms with Crippen molar-refractivity contribution in [3.05, 3.63) is 101 Å². The molecule has 1 aromatic heterocycles. The van der Waals surface area contributed by atoms with E-state index < -0.39 is 0 Å². The van der Waals surface area contributed by atoms with Crippen LogP contribution in [0.5, 0.6) is 5.75 Å². The molecule has 0 saturated carbocycles. The lowest BCUT2D eigenvalue weighted by Crippen LogP contribution is -2.48. The van der Waals surface area contributed by atoms with Gasteiger partial charge < -0.3 is 14.5 Å². The van der Waals surface area contributed by atoms with Crippen LogP contribution in [-0.2, 0) is 22.4 Å². The zero-order valence-electron chi connectivity index (χ0n) is 18.6. The fourth-order valence-electron chi connectivity index (χ4n) is 4.11. The Hall–Kier alpha value is -3.38. The molecule has 0 radical (unpaired) electrons. The summed E-state index contributed by atoms with van der Waals surface area (Å²) in [5, 5.41) is 2.07. The molecule has 0 aliphatic carbocycles. The highest BCUT2D eigenvalue weighted by Gasteiger charge is 2.33. The van der Waals surface area contributed by atoms with Crippen LogP contribution in [0.25, 0.3) is 0 Å². The van der Waals surface area contributed by atoms with Gasteiger partial charge in [-0.1, -0.05) is 54.6 Å². The summed E-state index contributed by atoms with van der Waals surface area (Å²) < 4.78 is 6.05. The molecule has 0 bridgehead atoms. The maximum atomic E-state index is 13.4. The van der Waals surface area contributed by atoms with Crippen LogP contribution in [0.2, 0.25) is 0 Å². The Kier molecular flexibility index (Phi) is 7.58. The molecule has 0 unspecified atom stereocenters. The molecular weight excluding hydrogens is 432 g/mol. The first-order chi connectivity index (χ1) is 16.2. The molecule has 2 amide bonds. The average molecular weight is 461 g/mol. The number of thiophene rings is 1. The third-order valence-corrected chi connectivity index (χ3v) is 6.79. The molecule has 1 aliphatic heterocycles. The quantitative estimate of drug-likeness (QED) is 0.442. The summed E-state index contributed by atoms with van der Waals surface area (Å²) in [5.74, 6) is 0.620. The first kappa shape index (κ1) is 22.8. The smallest absolute Gasteiger partial charge is 0.242 e. The molecule has 0 N–H and O–H groups in total. The maximum Gasteiger partial charge on any atom is 0.242 e. The fourth-order valence-corrected chi connectivity index (χ4v) is 5.04. The Labute approximate surface area is 198 Å². The van der Waals surface area contributed by atoms with Crippen LogP contribution in [0.4, 0.5) is 0 Å². The predicted molar refractivity (Wildman–Crippen MR) is 131 cm³/mol. The van der Waals surface area contributed by atoms with Crippen molar-refractivity contribution in [1.29, 1.82) is 0 Å². The number of ether oxygens (including phenoxy) is 1. The molecule has 1 atom stereocenters. The first-order valence-corrected chi connectivity index (χ1v) is 12.0. The van der Waals surface area contributed by atoms with Crippen LogP contribution < -0.4 is 4.74 Å². The van der Waals surface area contributed by atoms with Gasteiger partial charge in [-0.05, 0) is 41.1 Å². The molecule has 33 heavy (non-hydrogen) atoms. The van der Waals surface area contributed by atoms with Crippen molar-refractivity contribution < 1.29 is 14.3 Å². The molecule has 5 nitrogen and oxygen atoms in total. The second-order valence-electron chi connectivity index (χ2n) is 8.00. The van der Waals surface area contributed by atoms with Gasteiger partial charge in [0.1, 0.15) is 18.9 Å². The Morgan fingerprint density at radius 3 is 2.55 bits per heavy atom. The van der Waals surface area contributed by atoms with E-state index >= 15 is 0 Å². The third kappa shape index (κ3) is 5.71. The molecule has 0 saturated heterocycles. The number of hydrogen-bond acceptors (Lipinski definition) is 4. The maximum absolute atomic E-state index is 13.4. The Morgan fingerprint density at radius 2 is 1.82 bits per heavy atom. The number of rotatable bonds is 9. The molecule has 3 aromatic rings. The molecule has 1 aliphatic rings. The van der Waals surface area contributed by atoms with E-state index in [1.165, 1.54) is 4.88 Å². The number of carbonyl (C=O) groups excluding carboxylic acids is 2. The van der Waals surface area contributed by atoms with Gasteiger partial charge in [0, 0.05) is 18.0 Å². The summed E-state index contributed by atoms with van der Waals surface area (Å²) in [5.41, 5.74) is 2.07. The lowest BCUT2D eigenvalue weighted by molar-refractivity contribution is -0.142. The van der Waals surface area contributed by atoms with Gasteiger partial charge in [-0.15, -0.1) is 17.9 Å². The number of nitrogens with zero attached hydrogens (tertiary/aromatic N) is 2. The molecule has 170 valence electrons. The van der Waals surface area contributed by atoms with E-state index in [2.05, 4.69) is 18.0 Å². The highest BCUT2D eigenvalue weighted by molar-refractivity contribution is 7.10. The van der Waals surface area contributed by atoms with Crippen LogP contribution in [0.3, 0.4) is 0 Å². The van der Waals surface area contributed by atoms with Crippen LogP contribution >= 0.6 is 11.3 Å². The van der Waals surface area contributed by atoms with Crippen molar-refractivity contribution in [2.45, 2.75) is 18.9 Å². The number of fused-ring (bicyclic) bond motifs is 1. The standard InChI is InChI=1S/C27H28N2O3S/c1-2-15-28(26(30)18-21-9-5-3-6-10-21)19-27(31)29-16-13-25-23(14-17-33-25)24(29)20-32-22-11-7-4-8-12-22/h2-12,14,17,24H,1,13,15-16,18-20H2/t24-/m0/s1. The van der Waals surface area contributed by atoms with Crippen molar-refractivity contribution in [2.24, 2.45) is 0 Å². The van der Waals surface area contributed by atoms with Crippen molar-refractivity contribution in [1.82, 2.24) is 9.80 Å². The predicted octanol–water partition coefficient (Wildman–Crippen LogP) is 4.51. The van der Waals surface area contributed by atoms with Gasteiger partial charge >= 0.3 is 0 Å². The van der Waals surface area contributed by atoms with E-state index in [9.17, 15) is 9.59 Å². The summed E-state index contributed by atoms with van der Waals surface area (Å²) in [6, 6.07) is 21.1. The van der Waals surface area contributed by atoms with Crippen LogP contribution in [0, 0.1) is 0 Å². The zero-order valence-corrected chi connectivity index (χ0v) is 19.4. The largest absolute Gasteiger partial charge is 0.491 e. The molecule has 2 aromatic carbocycles. The van der Waals surface area contributed by atoms with E-state index in [-0.39, 0.29) is 30.8 Å². The van der Waals surface area contributed by atoms with Crippen LogP contribution in [-0.4, -0.2) is 47.9 Å². The fraction of sp³-hybridized carbons (Fsp3) is 0.259. The minimum atomic E-state index is -0.178. The monoisotopic (exact) mass is 460 g/mol. The second-order valence-corrected chi connectivity index (χ2v) is 9.00. The average Bonchev–Trinajstić information content (AvgIpc) is 3.32. The summed E-state index contributed by atoms with van der Waals surface area (Å²) in [6.07, 6.45) is 2.75. The summed E-state index contributed by atoms with van der Waals surface area (Å²) in [4.78, 5) is 31.1. The molecule has 2 heterocycles. The Bertz CT molecular complexity index is 1080.